The van der Waals surface area contributed by atoms with Crippen LogP contribution in [0, 0.1) is 0 Å². The fraction of sp³-hybridized carbons (Fsp3) is 0.458. The van der Waals surface area contributed by atoms with Crippen molar-refractivity contribution in [2.75, 3.05) is 66.3 Å². The van der Waals surface area contributed by atoms with E-state index in [1.807, 2.05) is 24.3 Å². The summed E-state index contributed by atoms with van der Waals surface area (Å²) in [5, 5.41) is 3.00. The van der Waals surface area contributed by atoms with E-state index in [9.17, 15) is 13.2 Å². The van der Waals surface area contributed by atoms with E-state index in [2.05, 4.69) is 10.2 Å². The average Bonchev–Trinajstić information content (AvgIpc) is 2.90. The molecule has 0 bridgehead atoms. The Morgan fingerprint density at radius 1 is 1.00 bits per heavy atom. The highest BCUT2D eigenvalue weighted by Gasteiger charge is 2.27. The van der Waals surface area contributed by atoms with Crippen LogP contribution >= 0.6 is 0 Å². The maximum Gasteiger partial charge on any atom is 0.251 e. The van der Waals surface area contributed by atoms with Crippen molar-refractivity contribution in [2.24, 2.45) is 0 Å². The summed E-state index contributed by atoms with van der Waals surface area (Å²) >= 11 is 0. The Labute approximate surface area is 200 Å². The molecule has 0 aliphatic carbocycles. The molecule has 2 aromatic rings. The molecule has 2 aromatic carbocycles. The third-order valence-corrected chi connectivity index (χ3v) is 8.04. The second kappa shape index (κ2) is 11.3. The highest BCUT2D eigenvalue weighted by Crippen LogP contribution is 2.24. The van der Waals surface area contributed by atoms with Crippen molar-refractivity contribution in [1.29, 1.82) is 0 Å². The molecule has 34 heavy (non-hydrogen) atoms. The molecule has 10 heteroatoms. The number of nitrogens with one attached hydrogen (secondary N) is 1. The van der Waals surface area contributed by atoms with Gasteiger partial charge in [-0.3, -0.25) is 9.69 Å². The summed E-state index contributed by atoms with van der Waals surface area (Å²) in [4.78, 5) is 15.4. The average molecular weight is 490 g/mol. The molecule has 0 unspecified atom stereocenters. The highest BCUT2D eigenvalue weighted by atomic mass is 32.2. The molecule has 184 valence electrons. The van der Waals surface area contributed by atoms with Crippen molar-refractivity contribution < 1.29 is 27.4 Å². The topological polar surface area (TPSA) is 97.4 Å². The van der Waals surface area contributed by atoms with Crippen molar-refractivity contribution >= 4 is 15.9 Å². The molecular formula is C24H31N3O6S. The Morgan fingerprint density at radius 2 is 1.65 bits per heavy atom. The van der Waals surface area contributed by atoms with Crippen LogP contribution < -0.4 is 10.1 Å². The first kappa shape index (κ1) is 24.6. The van der Waals surface area contributed by atoms with Gasteiger partial charge in [0.05, 0.1) is 44.5 Å². The van der Waals surface area contributed by atoms with Crippen molar-refractivity contribution in [3.05, 3.63) is 59.7 Å². The first-order valence-corrected chi connectivity index (χ1v) is 12.8. The summed E-state index contributed by atoms with van der Waals surface area (Å²) in [5.41, 5.74) is 1.37. The number of amides is 1. The minimum atomic E-state index is -3.68. The summed E-state index contributed by atoms with van der Waals surface area (Å²) in [6.07, 6.45) is 0. The molecule has 0 aromatic heterocycles. The van der Waals surface area contributed by atoms with E-state index in [1.165, 1.54) is 16.4 Å². The summed E-state index contributed by atoms with van der Waals surface area (Å²) in [6.45, 7) is 4.54. The van der Waals surface area contributed by atoms with Crippen molar-refractivity contribution in [2.45, 2.75) is 10.9 Å². The lowest BCUT2D eigenvalue weighted by Gasteiger charge is -2.35. The van der Waals surface area contributed by atoms with Crippen LogP contribution in [0.4, 0.5) is 0 Å². The van der Waals surface area contributed by atoms with Gasteiger partial charge in [0.1, 0.15) is 5.75 Å². The van der Waals surface area contributed by atoms with E-state index >= 15 is 0 Å². The number of nitrogens with zero attached hydrogens (tertiary/aromatic N) is 2. The maximum absolute atomic E-state index is 13.0. The lowest BCUT2D eigenvalue weighted by molar-refractivity contribution is 0.0162. The quantitative estimate of drug-likeness (QED) is 0.601. The third kappa shape index (κ3) is 5.76. The first-order chi connectivity index (χ1) is 16.5. The van der Waals surface area contributed by atoms with Crippen molar-refractivity contribution in [1.82, 2.24) is 14.5 Å². The third-order valence-electron chi connectivity index (χ3n) is 6.15. The van der Waals surface area contributed by atoms with Gasteiger partial charge in [0.25, 0.3) is 5.91 Å². The number of carbonyl (C=O) groups is 1. The number of hydrogen-bond donors (Lipinski definition) is 1. The molecule has 2 saturated heterocycles. The number of morpholine rings is 2. The van der Waals surface area contributed by atoms with E-state index in [4.69, 9.17) is 14.2 Å². The van der Waals surface area contributed by atoms with Gasteiger partial charge in [0, 0.05) is 38.3 Å². The predicted molar refractivity (Wildman–Crippen MR) is 126 cm³/mol. The SMILES string of the molecule is COc1ccc([C@H](CNC(=O)c2cccc(S(=O)(=O)N3CCOCC3)c2)N2CCOCC2)cc1. The van der Waals surface area contributed by atoms with Crippen LogP contribution in [-0.2, 0) is 19.5 Å². The van der Waals surface area contributed by atoms with Gasteiger partial charge < -0.3 is 19.5 Å². The molecule has 1 amide bonds. The Kier molecular flexibility index (Phi) is 8.17. The number of benzene rings is 2. The zero-order valence-corrected chi connectivity index (χ0v) is 20.1. The second-order valence-corrected chi connectivity index (χ2v) is 10.1. The van der Waals surface area contributed by atoms with Crippen LogP contribution in [0.3, 0.4) is 0 Å². The number of sulfonamides is 1. The minimum absolute atomic E-state index is 0.0426. The fourth-order valence-electron chi connectivity index (χ4n) is 4.20. The van der Waals surface area contributed by atoms with Crippen LogP contribution in [0.2, 0.25) is 0 Å². The molecule has 2 fully saturated rings. The number of ether oxygens (including phenoxy) is 3. The first-order valence-electron chi connectivity index (χ1n) is 11.4. The summed E-state index contributed by atoms with van der Waals surface area (Å²) in [6, 6.07) is 14.0. The van der Waals surface area contributed by atoms with Gasteiger partial charge >= 0.3 is 0 Å². The summed E-state index contributed by atoms with van der Waals surface area (Å²) in [7, 11) is -2.05. The number of carbonyl (C=O) groups excluding carboxylic acids is 1. The molecule has 1 N–H and O–H groups in total. The van der Waals surface area contributed by atoms with Crippen LogP contribution in [-0.4, -0.2) is 89.8 Å². The van der Waals surface area contributed by atoms with Gasteiger partial charge in [-0.25, -0.2) is 8.42 Å². The molecule has 2 heterocycles. The number of methoxy groups -OCH3 is 1. The van der Waals surface area contributed by atoms with Crippen molar-refractivity contribution in [3.63, 3.8) is 0 Å². The molecule has 4 rings (SSSR count). The summed E-state index contributed by atoms with van der Waals surface area (Å²) < 4.78 is 43.4. The molecule has 1 atom stereocenters. The van der Waals surface area contributed by atoms with Crippen LogP contribution in [0.15, 0.2) is 53.4 Å². The van der Waals surface area contributed by atoms with E-state index in [1.54, 1.807) is 19.2 Å². The maximum atomic E-state index is 13.0. The van der Waals surface area contributed by atoms with Gasteiger partial charge in [-0.2, -0.15) is 4.31 Å². The zero-order valence-electron chi connectivity index (χ0n) is 19.3. The largest absolute Gasteiger partial charge is 0.497 e. The van der Waals surface area contributed by atoms with E-state index in [0.29, 0.717) is 51.6 Å². The summed E-state index contributed by atoms with van der Waals surface area (Å²) in [5.74, 6) is 0.456. The van der Waals surface area contributed by atoms with E-state index < -0.39 is 10.0 Å². The number of rotatable bonds is 8. The number of hydrogen-bond acceptors (Lipinski definition) is 7. The molecule has 2 aliphatic heterocycles. The van der Waals surface area contributed by atoms with Gasteiger partial charge in [-0.1, -0.05) is 18.2 Å². The van der Waals surface area contributed by atoms with Crippen LogP contribution in [0.25, 0.3) is 0 Å². The van der Waals surface area contributed by atoms with E-state index in [-0.39, 0.29) is 16.8 Å². The molecule has 0 saturated carbocycles. The Balaban J connectivity index is 1.48. The highest BCUT2D eigenvalue weighted by molar-refractivity contribution is 7.89. The zero-order chi connectivity index (χ0) is 24.0. The second-order valence-electron chi connectivity index (χ2n) is 8.19. The van der Waals surface area contributed by atoms with Gasteiger partial charge in [0.2, 0.25) is 10.0 Å². The standard InChI is InChI=1S/C24H31N3O6S/c1-31-21-7-5-19(6-8-21)23(26-9-13-32-14-10-26)18-25-24(28)20-3-2-4-22(17-20)34(29,30)27-11-15-33-16-12-27/h2-8,17,23H,9-16,18H2,1H3,(H,25,28)/t23-/m0/s1. The smallest absolute Gasteiger partial charge is 0.251 e. The monoisotopic (exact) mass is 489 g/mol. The predicted octanol–water partition coefficient (Wildman–Crippen LogP) is 1.52. The molecule has 2 aliphatic rings. The molecule has 0 radical (unpaired) electrons. The minimum Gasteiger partial charge on any atom is -0.497 e. The Hall–Kier alpha value is -2.50. The molecule has 0 spiro atoms. The lowest BCUT2D eigenvalue weighted by Crippen LogP contribution is -2.43. The van der Waals surface area contributed by atoms with Crippen LogP contribution in [0.1, 0.15) is 22.0 Å². The van der Waals surface area contributed by atoms with Gasteiger partial charge in [-0.15, -0.1) is 0 Å². The normalized spacial score (nSPS) is 18.9. The Morgan fingerprint density at radius 3 is 2.29 bits per heavy atom. The molecular weight excluding hydrogens is 458 g/mol. The van der Waals surface area contributed by atoms with E-state index in [0.717, 1.165) is 24.4 Å². The van der Waals surface area contributed by atoms with Crippen LogP contribution in [0.5, 0.6) is 5.75 Å². The Bertz CT molecular complexity index is 1060. The molecule has 9 nitrogen and oxygen atoms in total. The van der Waals surface area contributed by atoms with Gasteiger partial charge in [-0.05, 0) is 35.9 Å². The fourth-order valence-corrected chi connectivity index (χ4v) is 5.65. The lowest BCUT2D eigenvalue weighted by atomic mass is 10.0. The van der Waals surface area contributed by atoms with Gasteiger partial charge in [0.15, 0.2) is 0 Å². The van der Waals surface area contributed by atoms with Crippen molar-refractivity contribution in [3.8, 4) is 5.75 Å².